The van der Waals surface area contributed by atoms with Crippen LogP contribution in [0.15, 0.2) is 18.2 Å². The third-order valence-corrected chi connectivity index (χ3v) is 1.85. The number of aliphatic hydroxyl groups excluding tert-OH is 1. The van der Waals surface area contributed by atoms with Crippen LogP contribution in [0.1, 0.15) is 15.9 Å². The lowest BCUT2D eigenvalue weighted by atomic mass is 10.1. The normalized spacial score (nSPS) is 9.71. The van der Waals surface area contributed by atoms with Gasteiger partial charge in [0.05, 0.1) is 5.56 Å². The summed E-state index contributed by atoms with van der Waals surface area (Å²) in [6.07, 6.45) is 0. The van der Waals surface area contributed by atoms with E-state index in [-0.39, 0.29) is 12.2 Å². The molecule has 0 bridgehead atoms. The summed E-state index contributed by atoms with van der Waals surface area (Å²) in [5.74, 6) is 4.06. The first-order valence-electron chi connectivity index (χ1n) is 4.92. The van der Waals surface area contributed by atoms with E-state index >= 15 is 0 Å². The Morgan fingerprint density at radius 1 is 1.53 bits per heavy atom. The van der Waals surface area contributed by atoms with Crippen molar-refractivity contribution in [2.45, 2.75) is 0 Å². The first kappa shape index (κ1) is 13.2. The van der Waals surface area contributed by atoms with Gasteiger partial charge < -0.3 is 5.11 Å². The topological polar surface area (TPSA) is 52.6 Å². The Morgan fingerprint density at radius 3 is 2.82 bits per heavy atom. The van der Waals surface area contributed by atoms with Gasteiger partial charge in [0.15, 0.2) is 0 Å². The van der Waals surface area contributed by atoms with Crippen LogP contribution >= 0.6 is 0 Å². The largest absolute Gasteiger partial charge is 0.384 e. The molecular formula is C12H13FN2O2. The van der Waals surface area contributed by atoms with E-state index in [1.807, 2.05) is 0 Å². The fourth-order valence-corrected chi connectivity index (χ4v) is 1.21. The number of carbonyl (C=O) groups excluding carboxylic acids is 1. The Labute approximate surface area is 99.0 Å². The number of aliphatic hydroxyl groups is 1. The van der Waals surface area contributed by atoms with Gasteiger partial charge in [-0.2, -0.15) is 0 Å². The fraction of sp³-hybridized carbons (Fsp3) is 0.250. The zero-order valence-corrected chi connectivity index (χ0v) is 9.62. The minimum absolute atomic E-state index is 0.139. The molecule has 0 aliphatic rings. The number of nitrogens with one attached hydrogen (secondary N) is 1. The minimum Gasteiger partial charge on any atom is -0.384 e. The molecule has 5 heteroatoms. The Morgan fingerprint density at radius 2 is 2.24 bits per heavy atom. The van der Waals surface area contributed by atoms with Gasteiger partial charge in [-0.25, -0.2) is 9.40 Å². The average Bonchev–Trinajstić information content (AvgIpc) is 2.26. The Balaban J connectivity index is 3.10. The number of halogens is 1. The summed E-state index contributed by atoms with van der Waals surface area (Å²) in [4.78, 5) is 11.7. The summed E-state index contributed by atoms with van der Waals surface area (Å²) < 4.78 is 13.1. The highest BCUT2D eigenvalue weighted by molar-refractivity contribution is 5.96. The van der Waals surface area contributed by atoms with Gasteiger partial charge in [-0.3, -0.25) is 10.2 Å². The molecule has 90 valence electrons. The molecule has 1 amide bonds. The van der Waals surface area contributed by atoms with Crippen molar-refractivity contribution >= 4 is 5.91 Å². The van der Waals surface area contributed by atoms with E-state index in [2.05, 4.69) is 17.3 Å². The van der Waals surface area contributed by atoms with E-state index in [4.69, 9.17) is 5.11 Å². The lowest BCUT2D eigenvalue weighted by Crippen LogP contribution is -2.36. The molecule has 0 heterocycles. The first-order valence-corrected chi connectivity index (χ1v) is 4.92. The number of carbonyl (C=O) groups is 1. The Kier molecular flexibility index (Phi) is 4.64. The smallest absolute Gasteiger partial charge is 0.266 e. The summed E-state index contributed by atoms with van der Waals surface area (Å²) in [7, 11) is 3.30. The third kappa shape index (κ3) is 3.87. The van der Waals surface area contributed by atoms with Crippen LogP contribution in [0.5, 0.6) is 0 Å². The monoisotopic (exact) mass is 236 g/mol. The van der Waals surface area contributed by atoms with Crippen LogP contribution in [0.2, 0.25) is 0 Å². The molecule has 0 aliphatic carbocycles. The fourth-order valence-electron chi connectivity index (χ4n) is 1.21. The highest BCUT2D eigenvalue weighted by Crippen LogP contribution is 2.10. The molecule has 0 atom stereocenters. The number of nitrogens with zero attached hydrogens (tertiary/aromatic N) is 1. The molecule has 1 rings (SSSR count). The maximum Gasteiger partial charge on any atom is 0.266 e. The molecule has 17 heavy (non-hydrogen) atoms. The van der Waals surface area contributed by atoms with Gasteiger partial charge >= 0.3 is 0 Å². The van der Waals surface area contributed by atoms with Gasteiger partial charge in [-0.15, -0.1) is 0 Å². The van der Waals surface area contributed by atoms with Crippen LogP contribution in [-0.4, -0.2) is 36.7 Å². The lowest BCUT2D eigenvalue weighted by Gasteiger charge is -2.12. The van der Waals surface area contributed by atoms with Crippen molar-refractivity contribution in [2.75, 3.05) is 20.7 Å². The molecule has 4 nitrogen and oxygen atoms in total. The maximum atomic E-state index is 13.1. The summed E-state index contributed by atoms with van der Waals surface area (Å²) in [6.45, 7) is -0.313. The molecule has 0 fully saturated rings. The Bertz CT molecular complexity index is 475. The average molecular weight is 236 g/mol. The maximum absolute atomic E-state index is 13.1. The molecule has 0 aliphatic heterocycles. The number of rotatable bonds is 2. The van der Waals surface area contributed by atoms with Crippen LogP contribution in [0.25, 0.3) is 0 Å². The van der Waals surface area contributed by atoms with Gasteiger partial charge in [-0.05, 0) is 18.2 Å². The standard InChI is InChI=1S/C12H13FN2O2/c1-15(2)14-12(17)11-8-10(13)6-5-9(11)4-3-7-16/h5-6,8,16H,7H2,1-2H3,(H,14,17). The lowest BCUT2D eigenvalue weighted by molar-refractivity contribution is 0.0856. The predicted molar refractivity (Wildman–Crippen MR) is 61.5 cm³/mol. The van der Waals surface area contributed by atoms with Crippen molar-refractivity contribution in [3.05, 3.63) is 35.1 Å². The number of amides is 1. The third-order valence-electron chi connectivity index (χ3n) is 1.85. The number of benzene rings is 1. The van der Waals surface area contributed by atoms with Crippen molar-refractivity contribution in [3.63, 3.8) is 0 Å². The summed E-state index contributed by atoms with van der Waals surface area (Å²) in [5.41, 5.74) is 3.01. The van der Waals surface area contributed by atoms with Gasteiger partial charge in [0.1, 0.15) is 12.4 Å². The first-order chi connectivity index (χ1) is 8.04. The molecule has 0 saturated heterocycles. The van der Waals surface area contributed by atoms with Crippen molar-refractivity contribution in [1.82, 2.24) is 10.4 Å². The van der Waals surface area contributed by atoms with Crippen molar-refractivity contribution < 1.29 is 14.3 Å². The predicted octanol–water partition coefficient (Wildman–Crippen LogP) is 0.376. The van der Waals surface area contributed by atoms with Crippen molar-refractivity contribution in [1.29, 1.82) is 0 Å². The van der Waals surface area contributed by atoms with E-state index < -0.39 is 11.7 Å². The van der Waals surface area contributed by atoms with E-state index in [1.165, 1.54) is 17.1 Å². The zero-order chi connectivity index (χ0) is 12.8. The highest BCUT2D eigenvalue weighted by Gasteiger charge is 2.11. The summed E-state index contributed by atoms with van der Waals surface area (Å²) in [5, 5.41) is 10.1. The second kappa shape index (κ2) is 5.99. The van der Waals surface area contributed by atoms with Crippen molar-refractivity contribution in [3.8, 4) is 11.8 Å². The van der Waals surface area contributed by atoms with Gasteiger partial charge in [0.2, 0.25) is 0 Å². The molecule has 1 aromatic carbocycles. The molecular weight excluding hydrogens is 223 g/mol. The SMILES string of the molecule is CN(C)NC(=O)c1cc(F)ccc1C#CCO. The molecule has 0 saturated carbocycles. The number of hydrazine groups is 1. The van der Waals surface area contributed by atoms with E-state index in [1.54, 1.807) is 14.1 Å². The van der Waals surface area contributed by atoms with E-state index in [0.717, 1.165) is 6.07 Å². The molecule has 0 spiro atoms. The second-order valence-electron chi connectivity index (χ2n) is 3.49. The van der Waals surface area contributed by atoms with Gasteiger partial charge in [-0.1, -0.05) is 11.8 Å². The van der Waals surface area contributed by atoms with Crippen molar-refractivity contribution in [2.24, 2.45) is 0 Å². The summed E-state index contributed by atoms with van der Waals surface area (Å²) >= 11 is 0. The minimum atomic E-state index is -0.511. The van der Waals surface area contributed by atoms with Crippen LogP contribution in [0.4, 0.5) is 4.39 Å². The molecule has 0 radical (unpaired) electrons. The molecule has 0 unspecified atom stereocenters. The quantitative estimate of drug-likeness (QED) is 0.576. The van der Waals surface area contributed by atoms with E-state index in [9.17, 15) is 9.18 Å². The molecule has 0 aromatic heterocycles. The van der Waals surface area contributed by atoms with Crippen LogP contribution < -0.4 is 5.43 Å². The number of hydrogen-bond acceptors (Lipinski definition) is 3. The molecule has 2 N–H and O–H groups in total. The van der Waals surface area contributed by atoms with Crippen LogP contribution in [0.3, 0.4) is 0 Å². The Hall–Kier alpha value is -1.90. The second-order valence-corrected chi connectivity index (χ2v) is 3.49. The van der Waals surface area contributed by atoms with Gasteiger partial charge in [0, 0.05) is 19.7 Å². The zero-order valence-electron chi connectivity index (χ0n) is 9.62. The highest BCUT2D eigenvalue weighted by atomic mass is 19.1. The van der Waals surface area contributed by atoms with Crippen LogP contribution in [-0.2, 0) is 0 Å². The molecule has 1 aromatic rings. The van der Waals surface area contributed by atoms with Crippen LogP contribution in [0, 0.1) is 17.7 Å². The number of hydrogen-bond donors (Lipinski definition) is 2. The van der Waals surface area contributed by atoms with E-state index in [0.29, 0.717) is 5.56 Å². The summed E-state index contributed by atoms with van der Waals surface area (Å²) in [6, 6.07) is 3.73. The van der Waals surface area contributed by atoms with Gasteiger partial charge in [0.25, 0.3) is 5.91 Å².